The van der Waals surface area contributed by atoms with Gasteiger partial charge in [0.1, 0.15) is 0 Å². The molecule has 40 heavy (non-hydrogen) atoms. The lowest BCUT2D eigenvalue weighted by molar-refractivity contribution is 0.807. The van der Waals surface area contributed by atoms with Crippen LogP contribution in [-0.2, 0) is 6.42 Å². The van der Waals surface area contributed by atoms with Crippen molar-refractivity contribution < 1.29 is 0 Å². The lowest BCUT2D eigenvalue weighted by atomic mass is 9.84. The van der Waals surface area contributed by atoms with E-state index in [0.29, 0.717) is 11.5 Å². The molecule has 0 aliphatic rings. The Morgan fingerprint density at radius 3 is 2.08 bits per heavy atom. The van der Waals surface area contributed by atoms with E-state index in [1.54, 1.807) is 0 Å². The first kappa shape index (κ1) is 37.1. The van der Waals surface area contributed by atoms with Crippen molar-refractivity contribution in [3.63, 3.8) is 0 Å². The van der Waals surface area contributed by atoms with Gasteiger partial charge >= 0.3 is 0 Å². The molecule has 0 N–H and O–H groups in total. The van der Waals surface area contributed by atoms with Gasteiger partial charge in [-0.25, -0.2) is 0 Å². The van der Waals surface area contributed by atoms with Crippen LogP contribution < -0.4 is 0 Å². The minimum Gasteiger partial charge on any atom is -0.263 e. The van der Waals surface area contributed by atoms with Gasteiger partial charge in [0.25, 0.3) is 0 Å². The molecule has 0 fully saturated rings. The zero-order valence-corrected chi connectivity index (χ0v) is 27.7. The summed E-state index contributed by atoms with van der Waals surface area (Å²) in [4.78, 5) is 4.36. The molecule has 0 aromatic heterocycles. The van der Waals surface area contributed by atoms with Gasteiger partial charge < -0.3 is 0 Å². The van der Waals surface area contributed by atoms with Gasteiger partial charge in [0, 0.05) is 22.3 Å². The van der Waals surface area contributed by atoms with E-state index in [1.165, 1.54) is 52.0 Å². The highest BCUT2D eigenvalue weighted by atomic mass is 35.5. The quantitative estimate of drug-likeness (QED) is 0.210. The zero-order valence-electron chi connectivity index (χ0n) is 26.9. The third-order valence-corrected chi connectivity index (χ3v) is 6.84. The van der Waals surface area contributed by atoms with Gasteiger partial charge in [-0.15, -0.1) is 6.58 Å². The lowest BCUT2D eigenvalue weighted by Crippen LogP contribution is -2.02. The molecular weight excluding hydrogens is 508 g/mol. The lowest BCUT2D eigenvalue weighted by Gasteiger charge is -2.21. The van der Waals surface area contributed by atoms with Gasteiger partial charge in [-0.2, -0.15) is 5.26 Å². The molecule has 0 radical (unpaired) electrons. The molecule has 0 spiro atoms. The van der Waals surface area contributed by atoms with Crippen molar-refractivity contribution in [3.05, 3.63) is 99.2 Å². The summed E-state index contributed by atoms with van der Waals surface area (Å²) in [5, 5.41) is 9.82. The second kappa shape index (κ2) is 20.9. The van der Waals surface area contributed by atoms with Crippen LogP contribution in [0.4, 0.5) is 0 Å². The van der Waals surface area contributed by atoms with E-state index in [4.69, 9.17) is 16.9 Å². The zero-order chi connectivity index (χ0) is 30.7. The number of nitrogens with zero attached hydrogens (tertiary/aromatic N) is 2. The molecule has 2 nitrogen and oxygen atoms in total. The smallest absolute Gasteiger partial charge is 0.0991 e. The number of aliphatic imine (C=N–C) groups is 1. The van der Waals surface area contributed by atoms with Gasteiger partial charge in [-0.1, -0.05) is 88.1 Å². The summed E-state index contributed by atoms with van der Waals surface area (Å²) in [6.45, 7) is 24.8. The molecule has 0 saturated carbocycles. The predicted molar refractivity (Wildman–Crippen MR) is 180 cm³/mol. The molecule has 0 aliphatic carbocycles. The molecule has 0 aliphatic heterocycles. The standard InChI is InChI=1S/C24H28ClN.C9H17N.C4H8/c1-5-7-8-23(24-15-22(25)14-13-20(24)6-2)18(4)17(3)21-11-9-19(16-26)10-12-21;1-5-7-9(4)10-8(3)6-2;1-4(2)3/h9-15,17H,5-8H2,1-4H3;7H,5-6H2,1-4H3;1H2,2-3H3/b23-18+;9-7+,10-8?;. The summed E-state index contributed by atoms with van der Waals surface area (Å²) in [7, 11) is 0. The predicted octanol–water partition coefficient (Wildman–Crippen LogP) is 12.3. The van der Waals surface area contributed by atoms with Crippen molar-refractivity contribution in [2.24, 2.45) is 4.99 Å². The highest BCUT2D eigenvalue weighted by Crippen LogP contribution is 2.36. The number of allylic oxidation sites excluding steroid dienone is 5. The number of hydrogen-bond acceptors (Lipinski definition) is 2. The summed E-state index contributed by atoms with van der Waals surface area (Å²) in [6, 6.07) is 16.4. The van der Waals surface area contributed by atoms with Crippen molar-refractivity contribution in [1.29, 1.82) is 5.26 Å². The monoisotopic (exact) mass is 560 g/mol. The number of aryl methyl sites for hydroxylation is 1. The second-order valence-corrected chi connectivity index (χ2v) is 11.0. The van der Waals surface area contributed by atoms with Crippen molar-refractivity contribution in [2.45, 2.75) is 114 Å². The van der Waals surface area contributed by atoms with Crippen LogP contribution in [-0.4, -0.2) is 5.71 Å². The maximum absolute atomic E-state index is 9.02. The molecule has 0 saturated heterocycles. The first-order chi connectivity index (χ1) is 18.9. The fourth-order valence-electron chi connectivity index (χ4n) is 4.11. The molecule has 1 atom stereocenters. The molecule has 2 aromatic rings. The minimum atomic E-state index is 0.304. The average Bonchev–Trinajstić information content (AvgIpc) is 2.93. The number of rotatable bonds is 10. The van der Waals surface area contributed by atoms with Crippen LogP contribution >= 0.6 is 11.6 Å². The number of unbranched alkanes of at least 4 members (excludes halogenated alkanes) is 1. The Hall–Kier alpha value is -2.89. The molecule has 2 aromatic carbocycles. The molecule has 0 amide bonds. The van der Waals surface area contributed by atoms with Crippen LogP contribution in [0.25, 0.3) is 5.57 Å². The average molecular weight is 561 g/mol. The van der Waals surface area contributed by atoms with Crippen molar-refractivity contribution in [1.82, 2.24) is 0 Å². The van der Waals surface area contributed by atoms with E-state index < -0.39 is 0 Å². The molecule has 2 rings (SSSR count). The van der Waals surface area contributed by atoms with Gasteiger partial charge in [-0.3, -0.25) is 4.99 Å². The van der Waals surface area contributed by atoms with Crippen molar-refractivity contribution in [3.8, 4) is 6.07 Å². The van der Waals surface area contributed by atoms with Crippen LogP contribution in [0.3, 0.4) is 0 Å². The SMILES string of the molecule is C=C(C)C.CC/C=C(\C)N=C(C)CC.CCCC/C(=C(/C)C(C)c1ccc(C#N)cc1)c1cc(Cl)ccc1CC. The van der Waals surface area contributed by atoms with E-state index in [9.17, 15) is 0 Å². The summed E-state index contributed by atoms with van der Waals surface area (Å²) in [5.41, 5.74) is 10.9. The van der Waals surface area contributed by atoms with Crippen LogP contribution in [0.1, 0.15) is 130 Å². The summed E-state index contributed by atoms with van der Waals surface area (Å²) in [6.07, 6.45) is 8.67. The third-order valence-electron chi connectivity index (χ3n) is 6.60. The largest absolute Gasteiger partial charge is 0.263 e. The Morgan fingerprint density at radius 1 is 1.00 bits per heavy atom. The van der Waals surface area contributed by atoms with Gasteiger partial charge in [-0.05, 0) is 113 Å². The van der Waals surface area contributed by atoms with E-state index in [-0.39, 0.29) is 0 Å². The number of hydrogen-bond donors (Lipinski definition) is 0. The molecule has 0 heterocycles. The maximum Gasteiger partial charge on any atom is 0.0991 e. The number of halogens is 1. The Balaban J connectivity index is 0.000000902. The minimum absolute atomic E-state index is 0.304. The summed E-state index contributed by atoms with van der Waals surface area (Å²) in [5.74, 6) is 0.304. The Labute approximate surface area is 251 Å². The molecule has 3 heteroatoms. The number of nitriles is 1. The first-order valence-corrected chi connectivity index (χ1v) is 15.1. The van der Waals surface area contributed by atoms with Gasteiger partial charge in [0.05, 0.1) is 11.6 Å². The highest BCUT2D eigenvalue weighted by Gasteiger charge is 2.16. The van der Waals surface area contributed by atoms with Gasteiger partial charge in [0.15, 0.2) is 0 Å². The molecule has 218 valence electrons. The Bertz CT molecular complexity index is 1170. The normalized spacial score (nSPS) is 12.7. The van der Waals surface area contributed by atoms with E-state index in [0.717, 1.165) is 36.4 Å². The Kier molecular flexibility index (Phi) is 19.4. The fraction of sp³-hybridized carbons (Fsp3) is 0.459. The van der Waals surface area contributed by atoms with Crippen molar-refractivity contribution >= 4 is 22.9 Å². The summed E-state index contributed by atoms with van der Waals surface area (Å²) >= 11 is 6.33. The maximum atomic E-state index is 9.02. The molecular formula is C37H53ClN2. The molecule has 1 unspecified atom stereocenters. The first-order valence-electron chi connectivity index (χ1n) is 14.8. The van der Waals surface area contributed by atoms with Crippen molar-refractivity contribution in [2.75, 3.05) is 0 Å². The Morgan fingerprint density at radius 2 is 1.60 bits per heavy atom. The van der Waals surface area contributed by atoms with Crippen LogP contribution in [0.15, 0.2) is 77.0 Å². The van der Waals surface area contributed by atoms with E-state index in [2.05, 4.69) is 96.4 Å². The van der Waals surface area contributed by atoms with Crippen LogP contribution in [0.2, 0.25) is 5.02 Å². The fourth-order valence-corrected chi connectivity index (χ4v) is 4.29. The molecule has 0 bridgehead atoms. The van der Waals surface area contributed by atoms with E-state index >= 15 is 0 Å². The van der Waals surface area contributed by atoms with Crippen LogP contribution in [0.5, 0.6) is 0 Å². The van der Waals surface area contributed by atoms with E-state index in [1.807, 2.05) is 39.0 Å². The second-order valence-electron chi connectivity index (χ2n) is 10.5. The van der Waals surface area contributed by atoms with Crippen LogP contribution in [0, 0.1) is 11.3 Å². The topological polar surface area (TPSA) is 36.1 Å². The summed E-state index contributed by atoms with van der Waals surface area (Å²) < 4.78 is 0. The van der Waals surface area contributed by atoms with Gasteiger partial charge in [0.2, 0.25) is 0 Å². The third kappa shape index (κ3) is 14.5. The number of benzene rings is 2. The highest BCUT2D eigenvalue weighted by molar-refractivity contribution is 6.30.